The largest absolute Gasteiger partial charge is 0.456 e. The molecule has 1 fully saturated rings. The van der Waals surface area contributed by atoms with Gasteiger partial charge in [-0.1, -0.05) is 72.8 Å². The fourth-order valence-corrected chi connectivity index (χ4v) is 2.29. The molecule has 2 aromatic rings. The number of esters is 1. The quantitative estimate of drug-likeness (QED) is 0.636. The van der Waals surface area contributed by atoms with Crippen molar-refractivity contribution < 1.29 is 9.53 Å². The zero-order chi connectivity index (χ0) is 15.9. The normalized spacial score (nSPS) is 18.0. The second-order valence-electron chi connectivity index (χ2n) is 5.17. The van der Waals surface area contributed by atoms with Crippen LogP contribution in [-0.4, -0.2) is 18.3 Å². The molecule has 0 radical (unpaired) electrons. The highest BCUT2D eigenvalue weighted by Crippen LogP contribution is 2.14. The summed E-state index contributed by atoms with van der Waals surface area (Å²) in [6, 6.07) is 19.9. The van der Waals surface area contributed by atoms with Crippen LogP contribution in [0.5, 0.6) is 0 Å². The first-order chi connectivity index (χ1) is 11.3. The molecule has 3 rings (SSSR count). The van der Waals surface area contributed by atoms with Crippen molar-refractivity contribution in [1.29, 1.82) is 0 Å². The van der Waals surface area contributed by atoms with Gasteiger partial charge in [-0.25, -0.2) is 4.79 Å². The molecule has 0 aliphatic carbocycles. The van der Waals surface area contributed by atoms with Crippen LogP contribution in [-0.2, 0) is 16.1 Å². The van der Waals surface area contributed by atoms with Crippen LogP contribution >= 0.6 is 0 Å². The number of benzene rings is 2. The summed E-state index contributed by atoms with van der Waals surface area (Å²) in [5.74, 6) is -0.311. The summed E-state index contributed by atoms with van der Waals surface area (Å²) >= 11 is 0. The zero-order valence-corrected chi connectivity index (χ0v) is 12.7. The van der Waals surface area contributed by atoms with E-state index < -0.39 is 0 Å². The number of hydrogen-bond donors (Lipinski definition) is 0. The van der Waals surface area contributed by atoms with Gasteiger partial charge in [0.05, 0.1) is 17.8 Å². The fourth-order valence-electron chi connectivity index (χ4n) is 2.29. The molecule has 3 nitrogen and oxygen atoms in total. The lowest BCUT2D eigenvalue weighted by atomic mass is 10.1. The number of carbonyl (C=O) groups is 1. The minimum absolute atomic E-state index is 0.247. The third kappa shape index (κ3) is 4.04. The Hall–Kier alpha value is -2.94. The third-order valence-corrected chi connectivity index (χ3v) is 3.52. The predicted molar refractivity (Wildman–Crippen MR) is 92.1 cm³/mol. The Bertz CT molecular complexity index is 759. The molecule has 2 aromatic carbocycles. The maximum Gasteiger partial charge on any atom is 0.340 e. The average molecular weight is 303 g/mol. The van der Waals surface area contributed by atoms with Gasteiger partial charge in [0.2, 0.25) is 0 Å². The van der Waals surface area contributed by atoms with Crippen LogP contribution in [0.15, 0.2) is 83.4 Å². The number of ether oxygens (including phenoxy) is 1. The van der Waals surface area contributed by atoms with Crippen LogP contribution in [0.2, 0.25) is 0 Å². The molecule has 0 atom stereocenters. The van der Waals surface area contributed by atoms with Gasteiger partial charge in [-0.3, -0.25) is 4.99 Å². The summed E-state index contributed by atoms with van der Waals surface area (Å²) in [4.78, 5) is 16.4. The average Bonchev–Trinajstić information content (AvgIpc) is 2.95. The molecular formula is C20H17NO2. The molecule has 0 aromatic heterocycles. The number of nitrogens with zero attached hydrogens (tertiary/aromatic N) is 1. The Labute approximate surface area is 135 Å². The fraction of sp³-hybridized carbons (Fsp3) is 0.100. The lowest BCUT2D eigenvalue weighted by Crippen LogP contribution is -2.02. The van der Waals surface area contributed by atoms with Gasteiger partial charge in [0.15, 0.2) is 0 Å². The number of cyclic esters (lactones) is 1. The van der Waals surface area contributed by atoms with Crippen molar-refractivity contribution in [3.63, 3.8) is 0 Å². The molecule has 23 heavy (non-hydrogen) atoms. The van der Waals surface area contributed by atoms with Crippen LogP contribution < -0.4 is 0 Å². The highest BCUT2D eigenvalue weighted by molar-refractivity contribution is 6.24. The summed E-state index contributed by atoms with van der Waals surface area (Å²) in [5, 5.41) is 0. The van der Waals surface area contributed by atoms with Gasteiger partial charge >= 0.3 is 5.97 Å². The van der Waals surface area contributed by atoms with E-state index in [0.29, 0.717) is 17.8 Å². The van der Waals surface area contributed by atoms with Gasteiger partial charge in [0.25, 0.3) is 0 Å². The lowest BCUT2D eigenvalue weighted by Gasteiger charge is -1.97. The first-order valence-electron chi connectivity index (χ1n) is 7.51. The standard InChI is InChI=1S/C20H17NO2/c22-20-18(13-7-12-16-8-3-1-4-9-16)19(15-23-20)21-14-17-10-5-2-6-11-17/h1-13H,14-15H2/b12-7+,18-13+,21-19?. The molecule has 114 valence electrons. The molecule has 3 heteroatoms. The maximum absolute atomic E-state index is 11.8. The van der Waals surface area contributed by atoms with Gasteiger partial charge in [-0.2, -0.15) is 0 Å². The number of rotatable bonds is 4. The summed E-state index contributed by atoms with van der Waals surface area (Å²) in [6.45, 7) is 0.795. The van der Waals surface area contributed by atoms with Crippen molar-refractivity contribution in [2.75, 3.05) is 6.61 Å². The van der Waals surface area contributed by atoms with E-state index in [0.717, 1.165) is 11.1 Å². The van der Waals surface area contributed by atoms with Crippen molar-refractivity contribution in [3.8, 4) is 0 Å². The monoisotopic (exact) mass is 303 g/mol. The first kappa shape index (κ1) is 15.0. The van der Waals surface area contributed by atoms with E-state index in [1.165, 1.54) is 0 Å². The molecule has 1 aliphatic rings. The van der Waals surface area contributed by atoms with Crippen molar-refractivity contribution in [1.82, 2.24) is 0 Å². The van der Waals surface area contributed by atoms with E-state index in [2.05, 4.69) is 4.99 Å². The molecule has 0 unspecified atom stereocenters. The van der Waals surface area contributed by atoms with E-state index in [9.17, 15) is 4.79 Å². The van der Waals surface area contributed by atoms with Crippen molar-refractivity contribution >= 4 is 17.8 Å². The molecule has 0 N–H and O–H groups in total. The van der Waals surface area contributed by atoms with Crippen LogP contribution in [0.4, 0.5) is 0 Å². The van der Waals surface area contributed by atoms with Crippen molar-refractivity contribution in [3.05, 3.63) is 89.5 Å². The summed E-state index contributed by atoms with van der Waals surface area (Å²) in [6.07, 6.45) is 5.58. The molecule has 1 aliphatic heterocycles. The summed E-state index contributed by atoms with van der Waals surface area (Å²) in [7, 11) is 0. The molecule has 1 heterocycles. The molecule has 0 spiro atoms. The van der Waals surface area contributed by atoms with Crippen LogP contribution in [0.3, 0.4) is 0 Å². The van der Waals surface area contributed by atoms with Gasteiger partial charge in [0.1, 0.15) is 6.61 Å². The van der Waals surface area contributed by atoms with E-state index in [1.54, 1.807) is 6.08 Å². The van der Waals surface area contributed by atoms with Crippen molar-refractivity contribution in [2.24, 2.45) is 4.99 Å². The molecule has 0 amide bonds. The van der Waals surface area contributed by atoms with Crippen LogP contribution in [0.1, 0.15) is 11.1 Å². The zero-order valence-electron chi connectivity index (χ0n) is 12.7. The first-order valence-corrected chi connectivity index (χ1v) is 7.51. The number of aliphatic imine (C=N–C) groups is 1. The Balaban J connectivity index is 1.74. The number of hydrogen-bond acceptors (Lipinski definition) is 3. The highest BCUT2D eigenvalue weighted by atomic mass is 16.5. The minimum Gasteiger partial charge on any atom is -0.456 e. The van der Waals surface area contributed by atoms with Crippen molar-refractivity contribution in [2.45, 2.75) is 6.54 Å². The second-order valence-corrected chi connectivity index (χ2v) is 5.17. The third-order valence-electron chi connectivity index (χ3n) is 3.52. The Morgan fingerprint density at radius 2 is 1.70 bits per heavy atom. The van der Waals surface area contributed by atoms with E-state index in [4.69, 9.17) is 4.74 Å². The van der Waals surface area contributed by atoms with Crippen LogP contribution in [0, 0.1) is 0 Å². The van der Waals surface area contributed by atoms with E-state index >= 15 is 0 Å². The molecule has 1 saturated heterocycles. The van der Waals surface area contributed by atoms with Gasteiger partial charge < -0.3 is 4.74 Å². The molecular weight excluding hydrogens is 286 g/mol. The SMILES string of the molecule is O=C1OCC(=NCc2ccccc2)/C1=C\C=C\c1ccccc1. The number of allylic oxidation sites excluding steroid dienone is 2. The Kier molecular flexibility index (Phi) is 4.79. The number of carbonyl (C=O) groups excluding carboxylic acids is 1. The summed E-state index contributed by atoms with van der Waals surface area (Å²) < 4.78 is 5.10. The predicted octanol–water partition coefficient (Wildman–Crippen LogP) is 3.82. The minimum atomic E-state index is -0.311. The van der Waals surface area contributed by atoms with Gasteiger partial charge in [-0.05, 0) is 17.2 Å². The van der Waals surface area contributed by atoms with Gasteiger partial charge in [-0.15, -0.1) is 0 Å². The smallest absolute Gasteiger partial charge is 0.340 e. The molecule has 0 saturated carbocycles. The topological polar surface area (TPSA) is 38.7 Å². The molecule has 0 bridgehead atoms. The van der Waals surface area contributed by atoms with E-state index in [1.807, 2.05) is 72.8 Å². The summed E-state index contributed by atoms with van der Waals surface area (Å²) in [5.41, 5.74) is 3.43. The lowest BCUT2D eigenvalue weighted by molar-refractivity contribution is -0.134. The van der Waals surface area contributed by atoms with Gasteiger partial charge in [0, 0.05) is 0 Å². The van der Waals surface area contributed by atoms with Crippen LogP contribution in [0.25, 0.3) is 6.08 Å². The Morgan fingerprint density at radius 3 is 2.43 bits per heavy atom. The second kappa shape index (κ2) is 7.36. The highest BCUT2D eigenvalue weighted by Gasteiger charge is 2.25. The maximum atomic E-state index is 11.8. The Morgan fingerprint density at radius 1 is 1.00 bits per heavy atom. The van der Waals surface area contributed by atoms with E-state index in [-0.39, 0.29) is 12.6 Å².